The molecule has 1 fully saturated rings. The second-order valence-corrected chi connectivity index (χ2v) is 7.69. The Balaban J connectivity index is 1.77. The van der Waals surface area contributed by atoms with Gasteiger partial charge in [-0.15, -0.1) is 0 Å². The zero-order chi connectivity index (χ0) is 14.9. The van der Waals surface area contributed by atoms with Gasteiger partial charge in [0.05, 0.1) is 10.9 Å². The van der Waals surface area contributed by atoms with Crippen molar-refractivity contribution in [2.45, 2.75) is 56.4 Å². The maximum Gasteiger partial charge on any atom is 0.263 e. The Morgan fingerprint density at radius 1 is 1.19 bits per heavy atom. The summed E-state index contributed by atoms with van der Waals surface area (Å²) in [5.41, 5.74) is 0.716. The van der Waals surface area contributed by atoms with Gasteiger partial charge in [-0.1, -0.05) is 31.9 Å². The normalized spacial score (nSPS) is 29.1. The zero-order valence-electron chi connectivity index (χ0n) is 12.4. The molecule has 0 bridgehead atoms. The van der Waals surface area contributed by atoms with Crippen molar-refractivity contribution in [3.63, 3.8) is 0 Å². The molecule has 114 valence electrons. The highest BCUT2D eigenvalue weighted by molar-refractivity contribution is 7.90. The standard InChI is InChI=1S/C16H22N2O2S/c1-2-5-12-8-10-13(11-9-12)17-16-14-6-3-4-7-15(14)21(19,20)18-16/h3-4,6-7,12-13H,2,5,8-11H2,1H3,(H,17,18). The van der Waals surface area contributed by atoms with Crippen LogP contribution >= 0.6 is 0 Å². The van der Waals surface area contributed by atoms with E-state index < -0.39 is 10.0 Å². The van der Waals surface area contributed by atoms with Crippen molar-refractivity contribution in [3.05, 3.63) is 29.8 Å². The Kier molecular flexibility index (Phi) is 4.02. The van der Waals surface area contributed by atoms with Crippen LogP contribution in [0.15, 0.2) is 34.2 Å². The fourth-order valence-corrected chi connectivity index (χ4v) is 4.62. The molecule has 5 heteroatoms. The largest absolute Gasteiger partial charge is 0.264 e. The molecule has 0 unspecified atom stereocenters. The van der Waals surface area contributed by atoms with E-state index in [9.17, 15) is 8.42 Å². The molecule has 1 aromatic rings. The molecule has 1 aliphatic carbocycles. The molecular weight excluding hydrogens is 284 g/mol. The highest BCUT2D eigenvalue weighted by Gasteiger charge is 2.31. The van der Waals surface area contributed by atoms with Gasteiger partial charge in [0.2, 0.25) is 0 Å². The first-order valence-corrected chi connectivity index (χ1v) is 9.28. The van der Waals surface area contributed by atoms with Crippen molar-refractivity contribution in [1.82, 2.24) is 4.72 Å². The minimum Gasteiger partial charge on any atom is -0.264 e. The number of sulfonamides is 1. The minimum absolute atomic E-state index is 0.252. The van der Waals surface area contributed by atoms with E-state index in [2.05, 4.69) is 11.6 Å². The minimum atomic E-state index is -3.41. The van der Waals surface area contributed by atoms with Gasteiger partial charge in [-0.05, 0) is 43.7 Å². The van der Waals surface area contributed by atoms with Crippen LogP contribution in [-0.2, 0) is 10.0 Å². The number of hydrogen-bond donors (Lipinski definition) is 1. The number of amidine groups is 1. The number of rotatable bonds is 3. The van der Waals surface area contributed by atoms with Crippen LogP contribution < -0.4 is 4.72 Å². The monoisotopic (exact) mass is 306 g/mol. The lowest BCUT2D eigenvalue weighted by Crippen LogP contribution is -2.25. The molecule has 0 radical (unpaired) electrons. The predicted octanol–water partition coefficient (Wildman–Crippen LogP) is 3.08. The molecule has 0 aromatic heterocycles. The van der Waals surface area contributed by atoms with Crippen LogP contribution in [0.5, 0.6) is 0 Å². The third-order valence-electron chi connectivity index (χ3n) is 4.49. The van der Waals surface area contributed by atoms with E-state index in [1.807, 2.05) is 12.1 Å². The summed E-state index contributed by atoms with van der Waals surface area (Å²) in [7, 11) is -3.41. The molecule has 0 spiro atoms. The lowest BCUT2D eigenvalue weighted by atomic mass is 9.84. The number of benzene rings is 1. The number of nitrogens with zero attached hydrogens (tertiary/aromatic N) is 1. The quantitative estimate of drug-likeness (QED) is 0.933. The van der Waals surface area contributed by atoms with E-state index in [1.165, 1.54) is 25.7 Å². The Morgan fingerprint density at radius 2 is 1.90 bits per heavy atom. The molecule has 0 amide bonds. The van der Waals surface area contributed by atoms with Crippen molar-refractivity contribution < 1.29 is 8.42 Å². The van der Waals surface area contributed by atoms with Crippen molar-refractivity contribution in [2.75, 3.05) is 0 Å². The number of hydrogen-bond acceptors (Lipinski definition) is 3. The molecule has 3 rings (SSSR count). The fraction of sp³-hybridized carbons (Fsp3) is 0.562. The lowest BCUT2D eigenvalue weighted by molar-refractivity contribution is 0.310. The van der Waals surface area contributed by atoms with Gasteiger partial charge >= 0.3 is 0 Å². The summed E-state index contributed by atoms with van der Waals surface area (Å²) in [6, 6.07) is 7.32. The zero-order valence-corrected chi connectivity index (χ0v) is 13.2. The average Bonchev–Trinajstić information content (AvgIpc) is 2.73. The van der Waals surface area contributed by atoms with E-state index in [0.29, 0.717) is 16.3 Å². The molecule has 1 aromatic carbocycles. The van der Waals surface area contributed by atoms with Crippen molar-refractivity contribution in [2.24, 2.45) is 10.9 Å². The molecule has 0 saturated heterocycles. The van der Waals surface area contributed by atoms with Crippen LogP contribution in [0.1, 0.15) is 51.0 Å². The van der Waals surface area contributed by atoms with Crippen LogP contribution in [0.4, 0.5) is 0 Å². The average molecular weight is 306 g/mol. The van der Waals surface area contributed by atoms with E-state index in [0.717, 1.165) is 18.8 Å². The topological polar surface area (TPSA) is 58.5 Å². The molecule has 4 nitrogen and oxygen atoms in total. The van der Waals surface area contributed by atoms with Gasteiger partial charge in [0.25, 0.3) is 10.0 Å². The third-order valence-corrected chi connectivity index (χ3v) is 5.88. The summed E-state index contributed by atoms with van der Waals surface area (Å²) in [4.78, 5) is 5.04. The first-order valence-electron chi connectivity index (χ1n) is 7.80. The van der Waals surface area contributed by atoms with Crippen molar-refractivity contribution >= 4 is 15.9 Å². The summed E-state index contributed by atoms with van der Waals surface area (Å²) in [5.74, 6) is 1.36. The smallest absolute Gasteiger partial charge is 0.263 e. The SMILES string of the molecule is CCCC1CCC(N=C2NS(=O)(=O)c3ccccc32)CC1. The second kappa shape index (κ2) is 5.79. The van der Waals surface area contributed by atoms with Gasteiger partial charge in [-0.3, -0.25) is 9.71 Å². The predicted molar refractivity (Wildman–Crippen MR) is 84.0 cm³/mol. The van der Waals surface area contributed by atoms with Gasteiger partial charge in [0.1, 0.15) is 5.84 Å². The third kappa shape index (κ3) is 2.98. The Morgan fingerprint density at radius 3 is 2.62 bits per heavy atom. The molecule has 1 heterocycles. The maximum atomic E-state index is 12.1. The summed E-state index contributed by atoms with van der Waals surface area (Å²) < 4.78 is 26.7. The highest BCUT2D eigenvalue weighted by Crippen LogP contribution is 2.30. The molecular formula is C16H22N2O2S. The molecule has 2 aliphatic rings. The van der Waals surface area contributed by atoms with Gasteiger partial charge in [-0.2, -0.15) is 0 Å². The van der Waals surface area contributed by atoms with Gasteiger partial charge in [0, 0.05) is 5.56 Å². The van der Waals surface area contributed by atoms with E-state index in [-0.39, 0.29) is 6.04 Å². The molecule has 1 N–H and O–H groups in total. The molecule has 1 saturated carbocycles. The van der Waals surface area contributed by atoms with Crippen LogP contribution in [-0.4, -0.2) is 20.3 Å². The van der Waals surface area contributed by atoms with Crippen molar-refractivity contribution in [3.8, 4) is 0 Å². The van der Waals surface area contributed by atoms with Gasteiger partial charge in [0.15, 0.2) is 0 Å². The summed E-state index contributed by atoms with van der Waals surface area (Å²) >= 11 is 0. The van der Waals surface area contributed by atoms with E-state index >= 15 is 0 Å². The van der Waals surface area contributed by atoms with Crippen molar-refractivity contribution in [1.29, 1.82) is 0 Å². The first kappa shape index (κ1) is 14.6. The van der Waals surface area contributed by atoms with Crippen LogP contribution in [0.25, 0.3) is 0 Å². The number of aliphatic imine (C=N–C) groups is 1. The Labute approximate surface area is 126 Å². The summed E-state index contributed by atoms with van der Waals surface area (Å²) in [6.45, 7) is 2.23. The molecule has 1 aliphatic heterocycles. The van der Waals surface area contributed by atoms with Gasteiger partial charge < -0.3 is 0 Å². The summed E-state index contributed by atoms with van der Waals surface area (Å²) in [6.07, 6.45) is 7.11. The second-order valence-electron chi connectivity index (χ2n) is 6.04. The van der Waals surface area contributed by atoms with E-state index in [1.54, 1.807) is 12.1 Å². The lowest BCUT2D eigenvalue weighted by Gasteiger charge is -2.26. The number of fused-ring (bicyclic) bond motifs is 1. The van der Waals surface area contributed by atoms with Gasteiger partial charge in [-0.25, -0.2) is 8.42 Å². The van der Waals surface area contributed by atoms with E-state index in [4.69, 9.17) is 4.99 Å². The Hall–Kier alpha value is -1.36. The Bertz CT molecular complexity index is 644. The molecule has 21 heavy (non-hydrogen) atoms. The van der Waals surface area contributed by atoms with Crippen LogP contribution in [0.3, 0.4) is 0 Å². The summed E-state index contributed by atoms with van der Waals surface area (Å²) in [5, 5.41) is 0. The highest BCUT2D eigenvalue weighted by atomic mass is 32.2. The number of nitrogens with one attached hydrogen (secondary N) is 1. The first-order chi connectivity index (χ1) is 10.1. The van der Waals surface area contributed by atoms with Crippen LogP contribution in [0.2, 0.25) is 0 Å². The maximum absolute atomic E-state index is 12.1. The fourth-order valence-electron chi connectivity index (χ4n) is 3.38. The van der Waals surface area contributed by atoms with Crippen LogP contribution in [0, 0.1) is 5.92 Å². The molecule has 0 atom stereocenters.